The van der Waals surface area contributed by atoms with Crippen molar-refractivity contribution >= 4 is 21.6 Å². The molecule has 0 aliphatic carbocycles. The Balaban J connectivity index is 1.70. The number of nitrogens with one attached hydrogen (secondary N) is 1. The van der Waals surface area contributed by atoms with Crippen LogP contribution in [0.25, 0.3) is 0 Å². The Morgan fingerprint density at radius 3 is 2.80 bits per heavy atom. The second-order valence-electron chi connectivity index (χ2n) is 5.90. The summed E-state index contributed by atoms with van der Waals surface area (Å²) in [6.45, 7) is 0.815. The summed E-state index contributed by atoms with van der Waals surface area (Å²) in [6.07, 6.45) is 0.483. The summed E-state index contributed by atoms with van der Waals surface area (Å²) in [5.41, 5.74) is -0.989. The standard InChI is InChI=1S/C15H15ClF3N3O2S/c16-12-7-11(15(17,18)19)2-3-13(12)25(23,24)21-8-10-1-4-14-20-5-6-22(14)9-10/h2-3,5-7,10,21H,1,4,8-9H2/t10-/m1/s1. The zero-order chi connectivity index (χ0) is 18.2. The van der Waals surface area contributed by atoms with Gasteiger partial charge in [0.05, 0.1) is 10.6 Å². The van der Waals surface area contributed by atoms with E-state index in [1.165, 1.54) is 0 Å². The van der Waals surface area contributed by atoms with E-state index in [0.29, 0.717) is 18.7 Å². The third-order valence-corrected chi connectivity index (χ3v) is 6.05. The molecule has 1 aromatic carbocycles. The quantitative estimate of drug-likeness (QED) is 0.868. The minimum Gasteiger partial charge on any atom is -0.335 e. The molecule has 3 rings (SSSR count). The summed E-state index contributed by atoms with van der Waals surface area (Å²) < 4.78 is 67.1. The number of fused-ring (bicyclic) bond motifs is 1. The first-order valence-corrected chi connectivity index (χ1v) is 9.39. The van der Waals surface area contributed by atoms with E-state index in [1.54, 1.807) is 6.20 Å². The molecule has 5 nitrogen and oxygen atoms in total. The largest absolute Gasteiger partial charge is 0.416 e. The molecule has 0 bridgehead atoms. The number of alkyl halides is 3. The molecular weight excluding hydrogens is 379 g/mol. The van der Waals surface area contributed by atoms with E-state index in [-0.39, 0.29) is 17.4 Å². The van der Waals surface area contributed by atoms with Crippen molar-refractivity contribution in [3.63, 3.8) is 0 Å². The number of sulfonamides is 1. The number of hydrogen-bond acceptors (Lipinski definition) is 3. The molecule has 2 aromatic rings. The number of benzene rings is 1. The molecule has 1 N–H and O–H groups in total. The Kier molecular flexibility index (Phi) is 4.82. The van der Waals surface area contributed by atoms with Crippen molar-refractivity contribution in [1.82, 2.24) is 14.3 Å². The van der Waals surface area contributed by atoms with E-state index in [9.17, 15) is 21.6 Å². The van der Waals surface area contributed by atoms with Gasteiger partial charge in [-0.25, -0.2) is 18.1 Å². The van der Waals surface area contributed by atoms with Crippen LogP contribution in [0.4, 0.5) is 13.2 Å². The van der Waals surface area contributed by atoms with E-state index in [1.807, 2.05) is 10.8 Å². The maximum absolute atomic E-state index is 12.7. The van der Waals surface area contributed by atoms with Crippen LogP contribution in [-0.4, -0.2) is 24.5 Å². The molecule has 1 atom stereocenters. The van der Waals surface area contributed by atoms with E-state index in [2.05, 4.69) is 9.71 Å². The number of aromatic nitrogens is 2. The number of nitrogens with zero attached hydrogens (tertiary/aromatic N) is 2. The first-order valence-electron chi connectivity index (χ1n) is 7.53. The van der Waals surface area contributed by atoms with Crippen molar-refractivity contribution in [1.29, 1.82) is 0 Å². The Hall–Kier alpha value is -1.58. The predicted molar refractivity (Wildman–Crippen MR) is 85.7 cm³/mol. The minimum atomic E-state index is -4.58. The molecule has 0 amide bonds. The molecule has 25 heavy (non-hydrogen) atoms. The molecule has 0 saturated carbocycles. The smallest absolute Gasteiger partial charge is 0.335 e. The van der Waals surface area contributed by atoms with Crippen LogP contribution >= 0.6 is 11.6 Å². The highest BCUT2D eigenvalue weighted by Crippen LogP contribution is 2.33. The van der Waals surface area contributed by atoms with Gasteiger partial charge in [0.15, 0.2) is 0 Å². The summed E-state index contributed by atoms with van der Waals surface area (Å²) >= 11 is 5.76. The summed E-state index contributed by atoms with van der Waals surface area (Å²) in [4.78, 5) is 3.84. The van der Waals surface area contributed by atoms with Gasteiger partial charge in [-0.3, -0.25) is 0 Å². The van der Waals surface area contributed by atoms with Crippen molar-refractivity contribution in [2.24, 2.45) is 5.92 Å². The van der Waals surface area contributed by atoms with Crippen molar-refractivity contribution < 1.29 is 21.6 Å². The Labute approximate surface area is 147 Å². The van der Waals surface area contributed by atoms with Gasteiger partial charge in [-0.05, 0) is 30.5 Å². The Bertz CT molecular complexity index is 880. The molecule has 0 saturated heterocycles. The number of hydrogen-bond donors (Lipinski definition) is 1. The lowest BCUT2D eigenvalue weighted by Crippen LogP contribution is -2.33. The second-order valence-corrected chi connectivity index (χ2v) is 8.04. The van der Waals surface area contributed by atoms with Gasteiger partial charge in [-0.1, -0.05) is 11.6 Å². The van der Waals surface area contributed by atoms with Crippen molar-refractivity contribution in [3.05, 3.63) is 47.0 Å². The van der Waals surface area contributed by atoms with Crippen molar-refractivity contribution in [2.75, 3.05) is 6.54 Å². The van der Waals surface area contributed by atoms with E-state index >= 15 is 0 Å². The SMILES string of the molecule is O=S(=O)(NC[C@H]1CCc2nccn2C1)c1ccc(C(F)(F)F)cc1Cl. The van der Waals surface area contributed by atoms with Crippen LogP contribution in [0, 0.1) is 5.92 Å². The number of halogens is 4. The van der Waals surface area contributed by atoms with Gasteiger partial charge in [0.1, 0.15) is 10.7 Å². The van der Waals surface area contributed by atoms with E-state index in [4.69, 9.17) is 11.6 Å². The fourth-order valence-corrected chi connectivity index (χ4v) is 4.46. The molecule has 2 heterocycles. The molecule has 0 unspecified atom stereocenters. The fourth-order valence-electron chi connectivity index (χ4n) is 2.80. The Morgan fingerprint density at radius 2 is 2.12 bits per heavy atom. The van der Waals surface area contributed by atoms with Crippen molar-refractivity contribution in [2.45, 2.75) is 30.5 Å². The molecule has 1 aromatic heterocycles. The monoisotopic (exact) mass is 393 g/mol. The van der Waals surface area contributed by atoms with E-state index in [0.717, 1.165) is 24.7 Å². The average molecular weight is 394 g/mol. The second kappa shape index (κ2) is 6.62. The van der Waals surface area contributed by atoms with Crippen molar-refractivity contribution in [3.8, 4) is 0 Å². The Morgan fingerprint density at radius 1 is 1.36 bits per heavy atom. The van der Waals surface area contributed by atoms with Gasteiger partial charge >= 0.3 is 6.18 Å². The summed E-state index contributed by atoms with van der Waals surface area (Å²) in [5, 5.41) is -0.456. The zero-order valence-electron chi connectivity index (χ0n) is 12.9. The van der Waals surface area contributed by atoms with Crippen LogP contribution in [0.1, 0.15) is 17.8 Å². The number of aryl methyl sites for hydroxylation is 1. The van der Waals surface area contributed by atoms with Gasteiger partial charge in [-0.2, -0.15) is 13.2 Å². The van der Waals surface area contributed by atoms with Crippen LogP contribution < -0.4 is 4.72 Å². The van der Waals surface area contributed by atoms with Gasteiger partial charge < -0.3 is 4.57 Å². The minimum absolute atomic E-state index is 0.0738. The highest BCUT2D eigenvalue weighted by Gasteiger charge is 2.32. The molecular formula is C15H15ClF3N3O2S. The lowest BCUT2D eigenvalue weighted by atomic mass is 10.00. The first-order chi connectivity index (χ1) is 11.7. The highest BCUT2D eigenvalue weighted by atomic mass is 35.5. The van der Waals surface area contributed by atoms with Crippen LogP contribution in [0.5, 0.6) is 0 Å². The molecule has 1 aliphatic heterocycles. The molecule has 0 radical (unpaired) electrons. The first kappa shape index (κ1) is 18.2. The third kappa shape index (κ3) is 3.99. The van der Waals surface area contributed by atoms with E-state index < -0.39 is 26.8 Å². The maximum Gasteiger partial charge on any atom is 0.416 e. The molecule has 10 heteroatoms. The lowest BCUT2D eigenvalue weighted by molar-refractivity contribution is -0.137. The summed E-state index contributed by atoms with van der Waals surface area (Å²) in [7, 11) is -3.99. The summed E-state index contributed by atoms with van der Waals surface area (Å²) in [6, 6.07) is 2.20. The topological polar surface area (TPSA) is 64.0 Å². The molecule has 1 aliphatic rings. The lowest BCUT2D eigenvalue weighted by Gasteiger charge is -2.24. The number of rotatable bonds is 4. The van der Waals surface area contributed by atoms with Crippen LogP contribution in [0.3, 0.4) is 0 Å². The van der Waals surface area contributed by atoms with Gasteiger partial charge in [0.2, 0.25) is 10.0 Å². The highest BCUT2D eigenvalue weighted by molar-refractivity contribution is 7.89. The molecule has 0 fully saturated rings. The van der Waals surface area contributed by atoms with Crippen LogP contribution in [0.15, 0.2) is 35.5 Å². The normalized spacial score (nSPS) is 18.2. The molecule has 136 valence electrons. The van der Waals surface area contributed by atoms with Gasteiger partial charge in [-0.15, -0.1) is 0 Å². The third-order valence-electron chi connectivity index (χ3n) is 4.14. The fraction of sp³-hybridized carbons (Fsp3) is 0.400. The number of imidazole rings is 1. The van der Waals surface area contributed by atoms with Crippen LogP contribution in [0.2, 0.25) is 5.02 Å². The van der Waals surface area contributed by atoms with Gasteiger partial charge in [0.25, 0.3) is 0 Å². The average Bonchev–Trinajstić information content (AvgIpc) is 2.99. The van der Waals surface area contributed by atoms with Crippen LogP contribution in [-0.2, 0) is 29.2 Å². The van der Waals surface area contributed by atoms with Gasteiger partial charge in [0, 0.05) is 31.9 Å². The zero-order valence-corrected chi connectivity index (χ0v) is 14.5. The molecule has 0 spiro atoms. The maximum atomic E-state index is 12.7. The summed E-state index contributed by atoms with van der Waals surface area (Å²) in [5.74, 6) is 1.04. The predicted octanol–water partition coefficient (Wildman–Crippen LogP) is 3.10.